The van der Waals surface area contributed by atoms with Gasteiger partial charge in [0.15, 0.2) is 0 Å². The van der Waals surface area contributed by atoms with E-state index in [0.29, 0.717) is 18.5 Å². The van der Waals surface area contributed by atoms with Crippen molar-refractivity contribution in [3.8, 4) is 0 Å². The molecule has 0 unspecified atom stereocenters. The van der Waals surface area contributed by atoms with Crippen LogP contribution in [0.3, 0.4) is 0 Å². The lowest BCUT2D eigenvalue weighted by atomic mass is 9.89. The maximum Gasteiger partial charge on any atom is 0.324 e. The Morgan fingerprint density at radius 2 is 1.67 bits per heavy atom. The van der Waals surface area contributed by atoms with Gasteiger partial charge in [0, 0.05) is 43.9 Å². The molecule has 0 aliphatic heterocycles. The standard InChI is InChI=1S/C15H22N2O4/c1-17(7-2-3-7,8-4-5-8)9-6-15(16,14(20)21)12-10(9)11(12)13(18)19/h7-12H,2-6,16H2,1H3,(H-,18,19,20,21)/p+1/t9-,10+,11+,12+,15+/m1/s1. The van der Waals surface area contributed by atoms with Crippen LogP contribution >= 0.6 is 0 Å². The van der Waals surface area contributed by atoms with Crippen LogP contribution in [0.15, 0.2) is 0 Å². The van der Waals surface area contributed by atoms with Crippen LogP contribution in [0.1, 0.15) is 32.1 Å². The number of rotatable bonds is 5. The van der Waals surface area contributed by atoms with Gasteiger partial charge in [0.25, 0.3) is 0 Å². The van der Waals surface area contributed by atoms with Gasteiger partial charge < -0.3 is 20.4 Å². The van der Waals surface area contributed by atoms with Crippen LogP contribution in [0, 0.1) is 17.8 Å². The second kappa shape index (κ2) is 3.79. The maximum absolute atomic E-state index is 11.6. The number of aliphatic carboxylic acids is 2. The topological polar surface area (TPSA) is 101 Å². The SMILES string of the molecule is C[N+](C1CC1)(C1CC1)[C@@H]1C[C@@](N)(C(=O)O)[C@@H]2[C@@H](C(=O)O)[C@@H]21. The first-order chi connectivity index (χ1) is 9.81. The molecule has 4 aliphatic carbocycles. The van der Waals surface area contributed by atoms with Gasteiger partial charge in [-0.25, -0.2) is 0 Å². The third-order valence-corrected chi connectivity index (χ3v) is 6.73. The second-order valence-corrected chi connectivity index (χ2v) is 7.77. The van der Waals surface area contributed by atoms with E-state index in [2.05, 4.69) is 7.05 Å². The van der Waals surface area contributed by atoms with E-state index in [1.165, 1.54) is 25.7 Å². The van der Waals surface area contributed by atoms with Crippen LogP contribution in [-0.2, 0) is 9.59 Å². The summed E-state index contributed by atoms with van der Waals surface area (Å²) in [5.74, 6) is -2.88. The highest BCUT2D eigenvalue weighted by molar-refractivity contribution is 5.85. The van der Waals surface area contributed by atoms with Gasteiger partial charge in [0.05, 0.1) is 31.1 Å². The summed E-state index contributed by atoms with van der Waals surface area (Å²) >= 11 is 0. The van der Waals surface area contributed by atoms with Gasteiger partial charge in [0.1, 0.15) is 5.54 Å². The average Bonchev–Trinajstić information content (AvgIpc) is 3.26. The maximum atomic E-state index is 11.6. The predicted molar refractivity (Wildman–Crippen MR) is 73.3 cm³/mol. The molecule has 4 N–H and O–H groups in total. The van der Waals surface area contributed by atoms with Crippen LogP contribution in [0.4, 0.5) is 0 Å². The van der Waals surface area contributed by atoms with Gasteiger partial charge in [-0.15, -0.1) is 0 Å². The van der Waals surface area contributed by atoms with E-state index >= 15 is 0 Å². The molecule has 6 heteroatoms. The lowest BCUT2D eigenvalue weighted by Crippen LogP contribution is -2.59. The lowest BCUT2D eigenvalue weighted by Gasteiger charge is -2.43. The Labute approximate surface area is 123 Å². The Morgan fingerprint density at radius 1 is 1.14 bits per heavy atom. The van der Waals surface area contributed by atoms with Crippen molar-refractivity contribution >= 4 is 11.9 Å². The predicted octanol–water partition coefficient (Wildman–Crippen LogP) is 0.259. The second-order valence-electron chi connectivity index (χ2n) is 7.77. The van der Waals surface area contributed by atoms with Crippen molar-refractivity contribution in [2.75, 3.05) is 7.05 Å². The fourth-order valence-electron chi connectivity index (χ4n) is 5.31. The monoisotopic (exact) mass is 295 g/mol. The smallest absolute Gasteiger partial charge is 0.324 e. The summed E-state index contributed by atoms with van der Waals surface area (Å²) in [5, 5.41) is 18.9. The Hall–Kier alpha value is -1.14. The molecular formula is C15H23N2O4+. The Balaban J connectivity index is 1.70. The molecule has 116 valence electrons. The van der Waals surface area contributed by atoms with Gasteiger partial charge in [-0.2, -0.15) is 0 Å². The molecule has 0 aromatic carbocycles. The van der Waals surface area contributed by atoms with Crippen LogP contribution in [0.2, 0.25) is 0 Å². The van der Waals surface area contributed by atoms with E-state index in [-0.39, 0.29) is 17.9 Å². The zero-order valence-corrected chi connectivity index (χ0v) is 12.2. The average molecular weight is 295 g/mol. The third-order valence-electron chi connectivity index (χ3n) is 6.73. The van der Waals surface area contributed by atoms with Gasteiger partial charge in [-0.1, -0.05) is 0 Å². The number of hydrogen-bond donors (Lipinski definition) is 3. The molecule has 0 aromatic heterocycles. The van der Waals surface area contributed by atoms with Crippen LogP contribution in [0.25, 0.3) is 0 Å². The first-order valence-electron chi connectivity index (χ1n) is 7.92. The molecule has 4 aliphatic rings. The van der Waals surface area contributed by atoms with Gasteiger partial charge >= 0.3 is 11.9 Å². The summed E-state index contributed by atoms with van der Waals surface area (Å²) in [7, 11) is 2.22. The highest BCUT2D eigenvalue weighted by Gasteiger charge is 2.79. The summed E-state index contributed by atoms with van der Waals surface area (Å²) in [4.78, 5) is 23.1. The molecule has 0 spiro atoms. The van der Waals surface area contributed by atoms with Crippen molar-refractivity contribution in [1.82, 2.24) is 0 Å². The lowest BCUT2D eigenvalue weighted by molar-refractivity contribution is -0.955. The highest BCUT2D eigenvalue weighted by Crippen LogP contribution is 2.66. The third kappa shape index (κ3) is 1.60. The Bertz CT molecular complexity index is 516. The van der Waals surface area contributed by atoms with Crippen LogP contribution in [-0.4, -0.2) is 57.3 Å². The number of nitrogens with zero attached hydrogens (tertiary/aromatic N) is 1. The van der Waals surface area contributed by atoms with Gasteiger partial charge in [0.2, 0.25) is 0 Å². The molecule has 4 rings (SSSR count). The minimum Gasteiger partial charge on any atom is -0.481 e. The van der Waals surface area contributed by atoms with E-state index in [0.717, 1.165) is 4.48 Å². The summed E-state index contributed by atoms with van der Waals surface area (Å²) in [6.07, 6.45) is 5.17. The molecular weight excluding hydrogens is 272 g/mol. The van der Waals surface area contributed by atoms with Crippen molar-refractivity contribution in [2.24, 2.45) is 23.5 Å². The number of carboxylic acid groups (broad SMARTS) is 2. The van der Waals surface area contributed by atoms with E-state index in [1.54, 1.807) is 0 Å². The zero-order chi connectivity index (χ0) is 15.2. The van der Waals surface area contributed by atoms with Crippen molar-refractivity contribution in [3.05, 3.63) is 0 Å². The largest absolute Gasteiger partial charge is 0.481 e. The first-order valence-corrected chi connectivity index (χ1v) is 7.92. The van der Waals surface area contributed by atoms with Crippen LogP contribution < -0.4 is 5.73 Å². The molecule has 5 atom stereocenters. The van der Waals surface area contributed by atoms with Gasteiger partial charge in [-0.3, -0.25) is 9.59 Å². The summed E-state index contributed by atoms with van der Waals surface area (Å²) in [6.45, 7) is 0. The molecule has 6 nitrogen and oxygen atoms in total. The molecule has 21 heavy (non-hydrogen) atoms. The fourth-order valence-corrected chi connectivity index (χ4v) is 5.31. The zero-order valence-electron chi connectivity index (χ0n) is 12.2. The van der Waals surface area contributed by atoms with E-state index in [1.807, 2.05) is 0 Å². The number of nitrogens with two attached hydrogens (primary N) is 1. The number of quaternary nitrogens is 1. The number of carboxylic acids is 2. The summed E-state index contributed by atoms with van der Waals surface area (Å²) < 4.78 is 0.886. The minimum absolute atomic E-state index is 0.0465. The van der Waals surface area contributed by atoms with E-state index in [4.69, 9.17) is 5.73 Å². The van der Waals surface area contributed by atoms with Crippen LogP contribution in [0.5, 0.6) is 0 Å². The summed E-state index contributed by atoms with van der Waals surface area (Å²) in [6, 6.07) is 1.29. The summed E-state index contributed by atoms with van der Waals surface area (Å²) in [5.41, 5.74) is 4.83. The number of hydrogen-bond acceptors (Lipinski definition) is 3. The Morgan fingerprint density at radius 3 is 2.05 bits per heavy atom. The molecule has 4 fully saturated rings. The molecule has 0 bridgehead atoms. The molecule has 0 radical (unpaired) electrons. The molecule has 4 saturated carbocycles. The molecule has 0 amide bonds. The normalized spacial score (nSPS) is 45.2. The number of fused-ring (bicyclic) bond motifs is 1. The molecule has 0 aromatic rings. The fraction of sp³-hybridized carbons (Fsp3) is 0.867. The first kappa shape index (κ1) is 13.5. The molecule has 0 saturated heterocycles. The van der Waals surface area contributed by atoms with Crippen molar-refractivity contribution in [1.29, 1.82) is 0 Å². The van der Waals surface area contributed by atoms with E-state index in [9.17, 15) is 19.8 Å². The van der Waals surface area contributed by atoms with Crippen molar-refractivity contribution < 1.29 is 24.3 Å². The van der Waals surface area contributed by atoms with Gasteiger partial charge in [-0.05, 0) is 0 Å². The highest BCUT2D eigenvalue weighted by atomic mass is 16.4. The van der Waals surface area contributed by atoms with E-state index < -0.39 is 23.4 Å². The quantitative estimate of drug-likeness (QED) is 0.632. The minimum atomic E-state index is -1.35. The molecule has 0 heterocycles. The number of carbonyl (C=O) groups is 2. The van der Waals surface area contributed by atoms with Crippen molar-refractivity contribution in [2.45, 2.75) is 55.8 Å². The Kier molecular flexibility index (Phi) is 2.44. The van der Waals surface area contributed by atoms with Crippen molar-refractivity contribution in [3.63, 3.8) is 0 Å².